The van der Waals surface area contributed by atoms with Crippen LogP contribution in [0.3, 0.4) is 0 Å². The lowest BCUT2D eigenvalue weighted by molar-refractivity contribution is 0.122. The van der Waals surface area contributed by atoms with E-state index >= 15 is 0 Å². The molecule has 0 unspecified atom stereocenters. The van der Waals surface area contributed by atoms with Crippen LogP contribution in [0.5, 0.6) is 0 Å². The highest BCUT2D eigenvalue weighted by atomic mass is 16.5. The van der Waals surface area contributed by atoms with Gasteiger partial charge in [-0.05, 0) is 46.0 Å². The van der Waals surface area contributed by atoms with Gasteiger partial charge in [0.25, 0.3) is 0 Å². The summed E-state index contributed by atoms with van der Waals surface area (Å²) < 4.78 is 9.83. The third-order valence-corrected chi connectivity index (χ3v) is 7.67. The van der Waals surface area contributed by atoms with E-state index in [2.05, 4.69) is 51.0 Å². The van der Waals surface area contributed by atoms with Gasteiger partial charge >= 0.3 is 0 Å². The molecule has 0 bridgehead atoms. The van der Waals surface area contributed by atoms with Crippen molar-refractivity contribution in [3.8, 4) is 5.95 Å². The van der Waals surface area contributed by atoms with Crippen LogP contribution in [0.1, 0.15) is 24.5 Å². The predicted molar refractivity (Wildman–Crippen MR) is 141 cm³/mol. The summed E-state index contributed by atoms with van der Waals surface area (Å²) in [5.74, 6) is 3.41. The maximum Gasteiger partial charge on any atom is 0.239 e. The van der Waals surface area contributed by atoms with E-state index in [4.69, 9.17) is 24.7 Å². The summed E-state index contributed by atoms with van der Waals surface area (Å²) in [6.07, 6.45) is 2.37. The molecule has 2 aliphatic heterocycles. The number of imidazole rings is 2. The van der Waals surface area contributed by atoms with Crippen molar-refractivity contribution in [3.05, 3.63) is 35.9 Å². The number of morpholine rings is 1. The number of aromatic nitrogens is 6. The normalized spacial score (nSPS) is 18.2. The van der Waals surface area contributed by atoms with E-state index in [0.717, 1.165) is 72.4 Å². The first kappa shape index (κ1) is 23.3. The standard InChI is InChI=1S/C26H35N9O/c1-18-27-20-7-5-6-8-21(20)35(18)26-29-24-23(25(30-26)34-13-15-36-16-14-34)28-22(32(24)4)17-33-11-9-19(10-12-33)31(2)3/h5-8,19H,9-17H2,1-4H3. The second-order valence-electron chi connectivity index (χ2n) is 10.2. The molecule has 0 aliphatic carbocycles. The van der Waals surface area contributed by atoms with Crippen LogP contribution in [0.4, 0.5) is 5.82 Å². The molecule has 4 aromatic rings. The van der Waals surface area contributed by atoms with Gasteiger partial charge in [0.2, 0.25) is 5.95 Å². The Labute approximate surface area is 211 Å². The number of para-hydroxylation sites is 2. The molecule has 2 saturated heterocycles. The molecule has 0 spiro atoms. The number of likely N-dealkylation sites (tertiary alicyclic amines) is 1. The zero-order chi connectivity index (χ0) is 24.8. The van der Waals surface area contributed by atoms with Gasteiger partial charge in [-0.2, -0.15) is 9.97 Å². The zero-order valence-corrected chi connectivity index (χ0v) is 21.7. The van der Waals surface area contributed by atoms with Crippen LogP contribution in [-0.4, -0.2) is 98.4 Å². The van der Waals surface area contributed by atoms with Crippen molar-refractivity contribution in [2.75, 3.05) is 58.4 Å². The molecule has 2 fully saturated rings. The minimum absolute atomic E-state index is 0.636. The summed E-state index contributed by atoms with van der Waals surface area (Å²) in [5.41, 5.74) is 3.67. The van der Waals surface area contributed by atoms with Crippen LogP contribution in [0, 0.1) is 6.92 Å². The van der Waals surface area contributed by atoms with E-state index in [1.165, 1.54) is 12.8 Å². The van der Waals surface area contributed by atoms with Crippen LogP contribution in [-0.2, 0) is 18.3 Å². The van der Waals surface area contributed by atoms with Crippen molar-refractivity contribution in [3.63, 3.8) is 0 Å². The van der Waals surface area contributed by atoms with Crippen molar-refractivity contribution >= 4 is 28.0 Å². The fourth-order valence-electron chi connectivity index (χ4n) is 5.51. The van der Waals surface area contributed by atoms with E-state index in [9.17, 15) is 0 Å². The van der Waals surface area contributed by atoms with Crippen molar-refractivity contribution < 1.29 is 4.74 Å². The largest absolute Gasteiger partial charge is 0.378 e. The number of hydrogen-bond acceptors (Lipinski definition) is 8. The fraction of sp³-hybridized carbons (Fsp3) is 0.538. The van der Waals surface area contributed by atoms with Gasteiger partial charge in [-0.3, -0.25) is 9.47 Å². The second-order valence-corrected chi connectivity index (χ2v) is 10.2. The topological polar surface area (TPSA) is 80.4 Å². The van der Waals surface area contributed by atoms with Crippen LogP contribution >= 0.6 is 0 Å². The summed E-state index contributed by atoms with van der Waals surface area (Å²) in [6, 6.07) is 8.81. The van der Waals surface area contributed by atoms with E-state index in [0.29, 0.717) is 25.2 Å². The molecule has 3 aromatic heterocycles. The Hall–Kier alpha value is -3.08. The van der Waals surface area contributed by atoms with Crippen LogP contribution < -0.4 is 4.90 Å². The molecule has 0 atom stereocenters. The lowest BCUT2D eigenvalue weighted by Gasteiger charge is -2.34. The van der Waals surface area contributed by atoms with Crippen LogP contribution in [0.25, 0.3) is 28.1 Å². The molecule has 2 aliphatic rings. The second kappa shape index (κ2) is 9.42. The number of anilines is 1. The molecule has 0 saturated carbocycles. The molecule has 190 valence electrons. The van der Waals surface area contributed by atoms with E-state index < -0.39 is 0 Å². The fourth-order valence-corrected chi connectivity index (χ4v) is 5.51. The lowest BCUT2D eigenvalue weighted by atomic mass is 10.0. The lowest BCUT2D eigenvalue weighted by Crippen LogP contribution is -2.41. The van der Waals surface area contributed by atoms with Crippen molar-refractivity contribution in [2.24, 2.45) is 7.05 Å². The monoisotopic (exact) mass is 489 g/mol. The number of nitrogens with zero attached hydrogens (tertiary/aromatic N) is 9. The van der Waals surface area contributed by atoms with Gasteiger partial charge in [-0.25, -0.2) is 9.97 Å². The van der Waals surface area contributed by atoms with Crippen molar-refractivity contribution in [2.45, 2.75) is 32.4 Å². The predicted octanol–water partition coefficient (Wildman–Crippen LogP) is 2.37. The highest BCUT2D eigenvalue weighted by Gasteiger charge is 2.26. The molecule has 10 heteroatoms. The minimum Gasteiger partial charge on any atom is -0.378 e. The van der Waals surface area contributed by atoms with Gasteiger partial charge in [0.05, 0.1) is 30.8 Å². The Morgan fingerprint density at radius 1 is 0.972 bits per heavy atom. The number of rotatable bonds is 5. The summed E-state index contributed by atoms with van der Waals surface area (Å²) in [6.45, 7) is 7.95. The summed E-state index contributed by atoms with van der Waals surface area (Å²) in [4.78, 5) is 27.2. The molecule has 0 N–H and O–H groups in total. The van der Waals surface area contributed by atoms with E-state index in [1.54, 1.807) is 0 Å². The quantitative estimate of drug-likeness (QED) is 0.423. The average Bonchev–Trinajstić information content (AvgIpc) is 3.40. The molecule has 36 heavy (non-hydrogen) atoms. The summed E-state index contributed by atoms with van der Waals surface area (Å²) >= 11 is 0. The number of fused-ring (bicyclic) bond motifs is 2. The van der Waals surface area contributed by atoms with Crippen molar-refractivity contribution in [1.82, 2.24) is 38.9 Å². The Balaban J connectivity index is 1.42. The molecule has 0 amide bonds. The first-order chi connectivity index (χ1) is 17.5. The van der Waals surface area contributed by atoms with Gasteiger partial charge in [0.15, 0.2) is 17.0 Å². The van der Waals surface area contributed by atoms with E-state index in [-0.39, 0.29) is 0 Å². The Morgan fingerprint density at radius 3 is 2.47 bits per heavy atom. The molecule has 0 radical (unpaired) electrons. The molecule has 5 heterocycles. The van der Waals surface area contributed by atoms with Crippen LogP contribution in [0.15, 0.2) is 24.3 Å². The number of ether oxygens (including phenoxy) is 1. The Bertz CT molecular complexity index is 1380. The Morgan fingerprint density at radius 2 is 1.72 bits per heavy atom. The number of aryl methyl sites for hydroxylation is 2. The maximum atomic E-state index is 5.63. The minimum atomic E-state index is 0.636. The molecule has 6 rings (SSSR count). The van der Waals surface area contributed by atoms with Gasteiger partial charge in [-0.1, -0.05) is 12.1 Å². The number of benzene rings is 1. The van der Waals surface area contributed by atoms with Gasteiger partial charge in [0.1, 0.15) is 11.6 Å². The molecular formula is C26H35N9O. The van der Waals surface area contributed by atoms with Gasteiger partial charge in [0, 0.05) is 39.3 Å². The van der Waals surface area contributed by atoms with Gasteiger partial charge < -0.3 is 19.1 Å². The molecule has 10 nitrogen and oxygen atoms in total. The van der Waals surface area contributed by atoms with E-state index in [1.807, 2.05) is 25.1 Å². The zero-order valence-electron chi connectivity index (χ0n) is 21.7. The third kappa shape index (κ3) is 4.12. The molecule has 1 aromatic carbocycles. The highest BCUT2D eigenvalue weighted by molar-refractivity contribution is 5.86. The maximum absolute atomic E-state index is 5.63. The first-order valence-electron chi connectivity index (χ1n) is 12.9. The molecular weight excluding hydrogens is 454 g/mol. The Kier molecular flexibility index (Phi) is 6.10. The highest BCUT2D eigenvalue weighted by Crippen LogP contribution is 2.29. The summed E-state index contributed by atoms with van der Waals surface area (Å²) in [7, 11) is 6.44. The average molecular weight is 490 g/mol. The van der Waals surface area contributed by atoms with Gasteiger partial charge in [-0.15, -0.1) is 0 Å². The SMILES string of the molecule is Cc1nc2ccccc2n1-c1nc(N2CCOCC2)c2nc(CN3CCC(N(C)C)CC3)n(C)c2n1. The van der Waals surface area contributed by atoms with Crippen LogP contribution in [0.2, 0.25) is 0 Å². The van der Waals surface area contributed by atoms with Crippen molar-refractivity contribution in [1.29, 1.82) is 0 Å². The summed E-state index contributed by atoms with van der Waals surface area (Å²) in [5, 5.41) is 0. The third-order valence-electron chi connectivity index (χ3n) is 7.67. The first-order valence-corrected chi connectivity index (χ1v) is 12.9. The number of piperidine rings is 1. The smallest absolute Gasteiger partial charge is 0.239 e. The number of hydrogen-bond donors (Lipinski definition) is 0.